The minimum absolute atomic E-state index is 0.803. The van der Waals surface area contributed by atoms with Gasteiger partial charge < -0.3 is 4.42 Å². The lowest BCUT2D eigenvalue weighted by Crippen LogP contribution is -1.82. The minimum Gasteiger partial charge on any atom is -0.448 e. The first kappa shape index (κ1) is 6.33. The van der Waals surface area contributed by atoms with Gasteiger partial charge in [0.2, 0.25) is 0 Å². The van der Waals surface area contributed by atoms with Crippen molar-refractivity contribution in [2.24, 2.45) is 0 Å². The van der Waals surface area contributed by atoms with Gasteiger partial charge in [0.05, 0.1) is 0 Å². The number of hydrogen-bond donors (Lipinski definition) is 0. The topological polar surface area (TPSA) is 26.0 Å². The second-order valence-electron chi connectivity index (χ2n) is 1.97. The lowest BCUT2D eigenvalue weighted by Gasteiger charge is -1.88. The van der Waals surface area contributed by atoms with Crippen molar-refractivity contribution in [3.05, 3.63) is 18.4 Å². The molecule has 1 radical (unpaired) electrons. The molecule has 0 atom stereocenters. The molecule has 0 aromatic carbocycles. The number of hydrogen-bond acceptors (Lipinski definition) is 2. The van der Waals surface area contributed by atoms with E-state index in [4.69, 9.17) is 4.42 Å². The summed E-state index contributed by atoms with van der Waals surface area (Å²) in [6, 6.07) is 0. The summed E-state index contributed by atoms with van der Waals surface area (Å²) in [7, 11) is 0. The summed E-state index contributed by atoms with van der Waals surface area (Å²) < 4.78 is 4.97. The lowest BCUT2D eigenvalue weighted by molar-refractivity contribution is 0.485. The molecule has 0 saturated heterocycles. The van der Waals surface area contributed by atoms with Crippen LogP contribution in [0.1, 0.15) is 25.7 Å². The Kier molecular flexibility index (Phi) is 2.31. The van der Waals surface area contributed by atoms with Crippen molar-refractivity contribution in [2.75, 3.05) is 0 Å². The molecule has 0 bridgehead atoms. The van der Waals surface area contributed by atoms with Crippen LogP contribution in [0.25, 0.3) is 0 Å². The third kappa shape index (κ3) is 1.88. The van der Waals surface area contributed by atoms with Gasteiger partial charge in [0.25, 0.3) is 0 Å². The van der Waals surface area contributed by atoms with Crippen LogP contribution in [0.2, 0.25) is 0 Å². The van der Waals surface area contributed by atoms with E-state index in [1.807, 2.05) is 0 Å². The van der Waals surface area contributed by atoms with E-state index in [2.05, 4.69) is 18.1 Å². The monoisotopic (exact) mass is 124 g/mol. The van der Waals surface area contributed by atoms with Crippen molar-refractivity contribution in [2.45, 2.75) is 26.2 Å². The highest BCUT2D eigenvalue weighted by Gasteiger charge is 1.93. The van der Waals surface area contributed by atoms with Gasteiger partial charge in [0, 0.05) is 6.42 Å². The standard InChI is InChI=1S/C7H10NO/c1-2-3-4-7-8-5-6-9-7/h6H,2-4H2,1H3. The van der Waals surface area contributed by atoms with E-state index in [1.54, 1.807) is 0 Å². The molecule has 0 amide bonds. The van der Waals surface area contributed by atoms with Crippen molar-refractivity contribution < 1.29 is 4.42 Å². The maximum atomic E-state index is 4.97. The fraction of sp³-hybridized carbons (Fsp3) is 0.571. The average Bonchev–Trinajstić information content (AvgIpc) is 2.34. The average molecular weight is 124 g/mol. The van der Waals surface area contributed by atoms with Crippen molar-refractivity contribution in [3.63, 3.8) is 0 Å². The van der Waals surface area contributed by atoms with Gasteiger partial charge in [-0.3, -0.25) is 0 Å². The van der Waals surface area contributed by atoms with Gasteiger partial charge in [-0.2, -0.15) is 0 Å². The number of aryl methyl sites for hydroxylation is 1. The predicted molar refractivity (Wildman–Crippen MR) is 34.0 cm³/mol. The van der Waals surface area contributed by atoms with Crippen LogP contribution in [0.4, 0.5) is 0 Å². The van der Waals surface area contributed by atoms with E-state index in [0.717, 1.165) is 18.7 Å². The lowest BCUT2D eigenvalue weighted by atomic mass is 10.2. The minimum atomic E-state index is 0.803. The molecule has 0 fully saturated rings. The van der Waals surface area contributed by atoms with Crippen molar-refractivity contribution in [1.82, 2.24) is 4.98 Å². The molecule has 1 aromatic rings. The van der Waals surface area contributed by atoms with Gasteiger partial charge in [-0.1, -0.05) is 13.3 Å². The third-order valence-electron chi connectivity index (χ3n) is 1.18. The van der Waals surface area contributed by atoms with E-state index in [1.165, 1.54) is 12.7 Å². The first-order valence-electron chi connectivity index (χ1n) is 3.24. The number of rotatable bonds is 3. The van der Waals surface area contributed by atoms with E-state index in [-0.39, 0.29) is 0 Å². The van der Waals surface area contributed by atoms with Crippen LogP contribution in [0.5, 0.6) is 0 Å². The Labute approximate surface area is 54.9 Å². The maximum Gasteiger partial charge on any atom is 0.194 e. The van der Waals surface area contributed by atoms with Crippen LogP contribution < -0.4 is 0 Å². The molecule has 2 nitrogen and oxygen atoms in total. The van der Waals surface area contributed by atoms with Gasteiger partial charge in [-0.05, 0) is 6.42 Å². The van der Waals surface area contributed by atoms with Crippen LogP contribution in [-0.4, -0.2) is 4.98 Å². The Morgan fingerprint density at radius 2 is 2.67 bits per heavy atom. The smallest absolute Gasteiger partial charge is 0.194 e. The molecule has 1 rings (SSSR count). The molecule has 0 aliphatic carbocycles. The summed E-state index contributed by atoms with van der Waals surface area (Å²) in [5, 5.41) is 0. The van der Waals surface area contributed by atoms with Gasteiger partial charge in [0.15, 0.2) is 5.89 Å². The summed E-state index contributed by atoms with van der Waals surface area (Å²) >= 11 is 0. The normalized spacial score (nSPS) is 9.89. The fourth-order valence-corrected chi connectivity index (χ4v) is 0.662. The first-order chi connectivity index (χ1) is 4.43. The van der Waals surface area contributed by atoms with Gasteiger partial charge in [-0.15, -0.1) is 0 Å². The molecule has 0 N–H and O–H groups in total. The quantitative estimate of drug-likeness (QED) is 0.614. The molecule has 1 aromatic heterocycles. The summed E-state index contributed by atoms with van der Waals surface area (Å²) in [6.45, 7) is 2.15. The van der Waals surface area contributed by atoms with Gasteiger partial charge in [0.1, 0.15) is 12.5 Å². The Balaban J connectivity index is 2.30. The summed E-state index contributed by atoms with van der Waals surface area (Å²) in [5.74, 6) is 0.803. The highest BCUT2D eigenvalue weighted by Crippen LogP contribution is 1.99. The van der Waals surface area contributed by atoms with Crippen molar-refractivity contribution >= 4 is 0 Å². The molecule has 49 valence electrons. The molecule has 0 saturated carbocycles. The van der Waals surface area contributed by atoms with Crippen LogP contribution in [-0.2, 0) is 6.42 Å². The second-order valence-corrected chi connectivity index (χ2v) is 1.97. The molecule has 0 aliphatic rings. The van der Waals surface area contributed by atoms with Crippen molar-refractivity contribution in [1.29, 1.82) is 0 Å². The Morgan fingerprint density at radius 1 is 1.78 bits per heavy atom. The van der Waals surface area contributed by atoms with Crippen LogP contribution in [0.3, 0.4) is 0 Å². The zero-order valence-electron chi connectivity index (χ0n) is 5.55. The molecule has 2 heteroatoms. The van der Waals surface area contributed by atoms with Gasteiger partial charge in [-0.25, -0.2) is 4.98 Å². The van der Waals surface area contributed by atoms with E-state index < -0.39 is 0 Å². The summed E-state index contributed by atoms with van der Waals surface area (Å²) in [4.78, 5) is 3.86. The summed E-state index contributed by atoms with van der Waals surface area (Å²) in [5.41, 5.74) is 0. The number of unbranched alkanes of at least 4 members (excludes halogenated alkanes) is 1. The molecule has 1 heterocycles. The Bertz CT molecular complexity index is 146. The van der Waals surface area contributed by atoms with E-state index in [9.17, 15) is 0 Å². The van der Waals surface area contributed by atoms with Crippen LogP contribution >= 0.6 is 0 Å². The molecule has 9 heavy (non-hydrogen) atoms. The SMILES string of the molecule is CCCCc1n[c]co1. The van der Waals surface area contributed by atoms with E-state index >= 15 is 0 Å². The zero-order valence-corrected chi connectivity index (χ0v) is 5.55. The third-order valence-corrected chi connectivity index (χ3v) is 1.18. The van der Waals surface area contributed by atoms with Gasteiger partial charge >= 0.3 is 0 Å². The number of nitrogens with zero attached hydrogens (tertiary/aromatic N) is 1. The Morgan fingerprint density at radius 3 is 3.22 bits per heavy atom. The highest BCUT2D eigenvalue weighted by molar-refractivity contribution is 4.77. The van der Waals surface area contributed by atoms with E-state index in [0.29, 0.717) is 0 Å². The zero-order chi connectivity index (χ0) is 6.53. The summed E-state index contributed by atoms with van der Waals surface area (Å²) in [6.07, 6.45) is 7.39. The Hall–Kier alpha value is -0.790. The molecular weight excluding hydrogens is 114 g/mol. The fourth-order valence-electron chi connectivity index (χ4n) is 0.662. The van der Waals surface area contributed by atoms with Crippen molar-refractivity contribution in [3.8, 4) is 0 Å². The van der Waals surface area contributed by atoms with Crippen LogP contribution in [0.15, 0.2) is 10.7 Å². The molecule has 0 aliphatic heterocycles. The highest BCUT2D eigenvalue weighted by atomic mass is 16.3. The number of aromatic nitrogens is 1. The number of oxazole rings is 1. The largest absolute Gasteiger partial charge is 0.448 e. The second kappa shape index (κ2) is 3.28. The maximum absolute atomic E-state index is 4.97. The first-order valence-corrected chi connectivity index (χ1v) is 3.24. The predicted octanol–water partition coefficient (Wildman–Crippen LogP) is 1.82. The molecular formula is C7H10NO. The molecule has 0 spiro atoms. The molecule has 0 unspecified atom stereocenters. The van der Waals surface area contributed by atoms with Crippen LogP contribution in [0, 0.1) is 6.20 Å².